The number of fused-ring (bicyclic) bond motifs is 1. The molecule has 4 N–H and O–H groups in total. The smallest absolute Gasteiger partial charge is 0.348 e. The Kier molecular flexibility index (Phi) is 1.18. The van der Waals surface area contributed by atoms with Gasteiger partial charge in [0.05, 0.1) is 6.42 Å². The van der Waals surface area contributed by atoms with Gasteiger partial charge in [0.2, 0.25) is 5.91 Å². The summed E-state index contributed by atoms with van der Waals surface area (Å²) in [6.07, 6.45) is 0.185. The monoisotopic (exact) mass is 166 g/mol. The zero-order valence-electron chi connectivity index (χ0n) is 6.05. The van der Waals surface area contributed by atoms with Crippen LogP contribution in [-0.2, 0) is 11.2 Å². The van der Waals surface area contributed by atoms with Crippen molar-refractivity contribution < 1.29 is 4.79 Å². The van der Waals surface area contributed by atoms with Crippen molar-refractivity contribution in [1.29, 1.82) is 0 Å². The first-order valence-corrected chi connectivity index (χ1v) is 3.35. The van der Waals surface area contributed by atoms with Crippen LogP contribution in [0.4, 0.5) is 11.6 Å². The lowest BCUT2D eigenvalue weighted by Crippen LogP contribution is -2.14. The van der Waals surface area contributed by atoms with E-state index in [0.717, 1.165) is 0 Å². The van der Waals surface area contributed by atoms with E-state index < -0.39 is 5.69 Å². The first-order valence-electron chi connectivity index (χ1n) is 3.35. The molecule has 12 heavy (non-hydrogen) atoms. The van der Waals surface area contributed by atoms with Crippen LogP contribution in [0.3, 0.4) is 0 Å². The highest BCUT2D eigenvalue weighted by molar-refractivity contribution is 5.99. The van der Waals surface area contributed by atoms with E-state index in [1.54, 1.807) is 0 Å². The van der Waals surface area contributed by atoms with Crippen LogP contribution in [0, 0.1) is 0 Å². The van der Waals surface area contributed by atoms with Gasteiger partial charge in [-0.15, -0.1) is 0 Å². The maximum atomic E-state index is 10.8. The van der Waals surface area contributed by atoms with Crippen molar-refractivity contribution in [2.24, 2.45) is 0 Å². The van der Waals surface area contributed by atoms with Gasteiger partial charge in [0, 0.05) is 5.56 Å². The fraction of sp³-hybridized carbons (Fsp3) is 0.167. The molecule has 1 aromatic rings. The third kappa shape index (κ3) is 0.849. The molecule has 1 aliphatic heterocycles. The van der Waals surface area contributed by atoms with E-state index in [-0.39, 0.29) is 24.0 Å². The molecule has 2 heterocycles. The number of anilines is 2. The van der Waals surface area contributed by atoms with Gasteiger partial charge >= 0.3 is 5.69 Å². The molecule has 1 aromatic heterocycles. The quantitative estimate of drug-likeness (QED) is 0.452. The highest BCUT2D eigenvalue weighted by atomic mass is 16.2. The van der Waals surface area contributed by atoms with Crippen molar-refractivity contribution in [3.63, 3.8) is 0 Å². The Morgan fingerprint density at radius 1 is 1.42 bits per heavy atom. The molecule has 0 bridgehead atoms. The Morgan fingerprint density at radius 3 is 2.92 bits per heavy atom. The van der Waals surface area contributed by atoms with Gasteiger partial charge in [0.15, 0.2) is 0 Å². The molecule has 6 nitrogen and oxygen atoms in total. The number of aromatic nitrogens is 2. The van der Waals surface area contributed by atoms with E-state index in [0.29, 0.717) is 5.56 Å². The van der Waals surface area contributed by atoms with Crippen LogP contribution < -0.4 is 16.7 Å². The number of carbonyl (C=O) groups excluding carboxylic acids is 1. The molecule has 1 aliphatic rings. The summed E-state index contributed by atoms with van der Waals surface area (Å²) in [5, 5.41) is 2.43. The molecule has 6 heteroatoms. The number of hydrogen-bond acceptors (Lipinski definition) is 4. The standard InChI is InChI=1S/C6H6N4O2/c7-4-2-1-3(11)8-5(2)10-6(12)9-4/h1H2,(H4,7,8,9,10,11,12). The third-order valence-corrected chi connectivity index (χ3v) is 1.66. The minimum Gasteiger partial charge on any atom is -0.385 e. The number of nitrogens with one attached hydrogen (secondary N) is 2. The Bertz CT molecular complexity index is 408. The molecule has 0 atom stereocenters. The van der Waals surface area contributed by atoms with Gasteiger partial charge in [0.1, 0.15) is 11.6 Å². The van der Waals surface area contributed by atoms with E-state index in [1.165, 1.54) is 0 Å². The Balaban J connectivity index is 2.67. The van der Waals surface area contributed by atoms with Gasteiger partial charge in [-0.2, -0.15) is 4.98 Å². The van der Waals surface area contributed by atoms with Crippen molar-refractivity contribution in [3.05, 3.63) is 16.0 Å². The molecule has 0 unspecified atom stereocenters. The number of carbonyl (C=O) groups is 1. The molecule has 0 saturated carbocycles. The minimum absolute atomic E-state index is 0.185. The minimum atomic E-state index is -0.548. The number of hydrogen-bond donors (Lipinski definition) is 3. The average Bonchev–Trinajstić information content (AvgIpc) is 2.29. The molecule has 62 valence electrons. The number of H-pyrrole nitrogens is 1. The fourth-order valence-electron chi connectivity index (χ4n) is 1.13. The van der Waals surface area contributed by atoms with Gasteiger partial charge in [-0.05, 0) is 0 Å². The first-order chi connectivity index (χ1) is 5.66. The molecule has 1 amide bonds. The molecule has 0 aromatic carbocycles. The summed E-state index contributed by atoms with van der Waals surface area (Å²) >= 11 is 0. The van der Waals surface area contributed by atoms with Crippen molar-refractivity contribution in [1.82, 2.24) is 9.97 Å². The van der Waals surface area contributed by atoms with Crippen molar-refractivity contribution in [3.8, 4) is 0 Å². The molecule has 0 aliphatic carbocycles. The number of amides is 1. The van der Waals surface area contributed by atoms with Gasteiger partial charge < -0.3 is 11.1 Å². The van der Waals surface area contributed by atoms with Gasteiger partial charge in [0.25, 0.3) is 0 Å². The van der Waals surface area contributed by atoms with Crippen LogP contribution in [0.2, 0.25) is 0 Å². The van der Waals surface area contributed by atoms with Gasteiger partial charge in [-0.3, -0.25) is 9.78 Å². The zero-order valence-corrected chi connectivity index (χ0v) is 6.05. The number of nitrogen functional groups attached to an aromatic ring is 1. The lowest BCUT2D eigenvalue weighted by atomic mass is 10.2. The van der Waals surface area contributed by atoms with E-state index in [9.17, 15) is 9.59 Å². The average molecular weight is 166 g/mol. The lowest BCUT2D eigenvalue weighted by Gasteiger charge is -1.97. The Labute approximate surface area is 66.8 Å². The molecular weight excluding hydrogens is 160 g/mol. The molecule has 0 fully saturated rings. The largest absolute Gasteiger partial charge is 0.385 e. The molecular formula is C6H6N4O2. The van der Waals surface area contributed by atoms with Gasteiger partial charge in [-0.25, -0.2) is 4.79 Å². The molecule has 2 rings (SSSR count). The Morgan fingerprint density at radius 2 is 2.17 bits per heavy atom. The predicted molar refractivity (Wildman–Crippen MR) is 41.6 cm³/mol. The fourth-order valence-corrected chi connectivity index (χ4v) is 1.13. The number of nitrogens with zero attached hydrogens (tertiary/aromatic N) is 1. The van der Waals surface area contributed by atoms with Crippen molar-refractivity contribution >= 4 is 17.5 Å². The van der Waals surface area contributed by atoms with E-state index in [1.807, 2.05) is 0 Å². The zero-order chi connectivity index (χ0) is 8.72. The van der Waals surface area contributed by atoms with Crippen LogP contribution in [0.1, 0.15) is 5.56 Å². The molecule has 0 spiro atoms. The summed E-state index contributed by atoms with van der Waals surface area (Å²) in [5.74, 6) is 0.299. The van der Waals surface area contributed by atoms with Crippen molar-refractivity contribution in [2.45, 2.75) is 6.42 Å². The summed E-state index contributed by atoms with van der Waals surface area (Å²) in [7, 11) is 0. The first kappa shape index (κ1) is 6.84. The van der Waals surface area contributed by atoms with Gasteiger partial charge in [-0.1, -0.05) is 0 Å². The second-order valence-electron chi connectivity index (χ2n) is 2.51. The van der Waals surface area contributed by atoms with E-state index in [2.05, 4.69) is 15.3 Å². The van der Waals surface area contributed by atoms with E-state index in [4.69, 9.17) is 5.73 Å². The lowest BCUT2D eigenvalue weighted by molar-refractivity contribution is -0.115. The summed E-state index contributed by atoms with van der Waals surface area (Å²) in [4.78, 5) is 27.5. The van der Waals surface area contributed by atoms with Crippen LogP contribution in [0.5, 0.6) is 0 Å². The highest BCUT2D eigenvalue weighted by Gasteiger charge is 2.22. The summed E-state index contributed by atoms with van der Waals surface area (Å²) in [6.45, 7) is 0. The van der Waals surface area contributed by atoms with Crippen LogP contribution in [0.25, 0.3) is 0 Å². The van der Waals surface area contributed by atoms with Crippen LogP contribution in [0.15, 0.2) is 4.79 Å². The summed E-state index contributed by atoms with van der Waals surface area (Å²) in [6, 6.07) is 0. The number of nitrogens with two attached hydrogens (primary N) is 1. The molecule has 0 saturated heterocycles. The SMILES string of the molecule is Nc1[nH]c(=O)nc2c1CC(=O)N2. The number of aromatic amines is 1. The topological polar surface area (TPSA) is 101 Å². The maximum Gasteiger partial charge on any atom is 0.348 e. The predicted octanol–water partition coefficient (Wildman–Crippen LogP) is -1.15. The van der Waals surface area contributed by atoms with Crippen molar-refractivity contribution in [2.75, 3.05) is 11.1 Å². The van der Waals surface area contributed by atoms with Crippen LogP contribution in [-0.4, -0.2) is 15.9 Å². The highest BCUT2D eigenvalue weighted by Crippen LogP contribution is 2.21. The Hall–Kier alpha value is -1.85. The normalized spacial score (nSPS) is 14.2. The second kappa shape index (κ2) is 2.07. The number of rotatable bonds is 0. The van der Waals surface area contributed by atoms with E-state index >= 15 is 0 Å². The van der Waals surface area contributed by atoms with Crippen LogP contribution >= 0.6 is 0 Å². The maximum absolute atomic E-state index is 10.8. The molecule has 0 radical (unpaired) electrons. The third-order valence-electron chi connectivity index (χ3n) is 1.66. The second-order valence-corrected chi connectivity index (χ2v) is 2.51. The summed E-state index contributed by atoms with van der Waals surface area (Å²) in [5.41, 5.74) is 5.47. The summed E-state index contributed by atoms with van der Waals surface area (Å²) < 4.78 is 0.